The molecule has 51 heteroatoms. The zero-order valence-electron chi connectivity index (χ0n) is 70.7. The Labute approximate surface area is 763 Å². The van der Waals surface area contributed by atoms with E-state index in [4.69, 9.17) is 36.5 Å². The molecule has 2 fully saturated rings. The van der Waals surface area contributed by atoms with Crippen LogP contribution in [0.15, 0.2) is 0 Å². The van der Waals surface area contributed by atoms with Gasteiger partial charge >= 0.3 is 47.8 Å². The van der Waals surface area contributed by atoms with E-state index in [0.717, 1.165) is 108 Å². The predicted octanol–water partition coefficient (Wildman–Crippen LogP) is -4.38. The zero-order valence-corrected chi connectivity index (χ0v) is 77.2. The molecule has 0 bridgehead atoms. The minimum absolute atomic E-state index is 0.0397. The van der Waals surface area contributed by atoms with Gasteiger partial charge in [0.2, 0.25) is 11.8 Å². The van der Waals surface area contributed by atoms with Crippen molar-refractivity contribution in [3.05, 3.63) is 0 Å². The summed E-state index contributed by atoms with van der Waals surface area (Å²) in [7, 11) is 0. The van der Waals surface area contributed by atoms with Gasteiger partial charge in [-0.05, 0) is 87.2 Å². The molecule has 2 rings (SSSR count). The highest BCUT2D eigenvalue weighted by Crippen LogP contribution is 2.42. The van der Waals surface area contributed by atoms with Gasteiger partial charge in [-0.3, -0.25) is 88.2 Å². The second-order valence-corrected chi connectivity index (χ2v) is 39.9. The summed E-state index contributed by atoms with van der Waals surface area (Å²) in [5.74, 6) is -4.19. The van der Waals surface area contributed by atoms with Crippen molar-refractivity contribution in [3.8, 4) is 0 Å². The SMILES string of the molecule is N=C(CSC1O[C@H](CO)[C@@H](O)[C@H](O)[C@@H]1O)NCCSC(CCCSCCN)(CCCSCCNC(=O)CN(CCN(CCN(CC(=O)O)CC(=O)O)CC(=O)O)CC(=O)O)CCOCCC(CCCSCCN)(CCCSCCNC(=O)CN(CCN(CCN(CC(=O)O)CC(=O)O)CC(=O)O)CC(=O)O)SCCNC(=N)CSC1O[C@H](CO)[C@@H](O)[C@H](O)[C@@H]1O. The lowest BCUT2D eigenvalue weighted by atomic mass is 9.93. The van der Waals surface area contributed by atoms with Crippen LogP contribution >= 0.6 is 94.1 Å². The van der Waals surface area contributed by atoms with Gasteiger partial charge in [0.15, 0.2) is 0 Å². The molecule has 2 heterocycles. The molecule has 4 unspecified atom stereocenters. The maximum Gasteiger partial charge on any atom is 0.317 e. The Morgan fingerprint density at radius 3 is 0.888 bits per heavy atom. The number of amides is 2. The number of carbonyl (C=O) groups is 10. The Morgan fingerprint density at radius 1 is 0.344 bits per heavy atom. The predicted molar refractivity (Wildman–Crippen MR) is 484 cm³/mol. The van der Waals surface area contributed by atoms with Gasteiger partial charge in [-0.1, -0.05) is 0 Å². The fraction of sp³-hybridized carbons (Fsp3) is 0.838. The topological polar surface area (TPSA) is 689 Å². The van der Waals surface area contributed by atoms with Crippen molar-refractivity contribution in [2.45, 2.75) is 133 Å². The van der Waals surface area contributed by atoms with Crippen molar-refractivity contribution >= 4 is 165 Å². The highest BCUT2D eigenvalue weighted by molar-refractivity contribution is 8.01. The Balaban J connectivity index is 2.44. The van der Waals surface area contributed by atoms with Crippen LogP contribution in [0.2, 0.25) is 0 Å². The summed E-state index contributed by atoms with van der Waals surface area (Å²) in [5, 5.41) is 188. The van der Waals surface area contributed by atoms with Crippen LogP contribution in [0.5, 0.6) is 0 Å². The number of amidine groups is 2. The number of aliphatic hydroxyl groups excluding tert-OH is 8. The summed E-state index contributed by atoms with van der Waals surface area (Å²) in [6.07, 6.45) is -4.06. The molecule has 12 atom stereocenters. The third-order valence-corrected chi connectivity index (χ3v) is 29.4. The van der Waals surface area contributed by atoms with Crippen molar-refractivity contribution < 1.29 is 144 Å². The van der Waals surface area contributed by atoms with Gasteiger partial charge in [-0.15, -0.1) is 23.5 Å². The van der Waals surface area contributed by atoms with E-state index >= 15 is 0 Å². The molecular weight excluding hydrogens is 1810 g/mol. The van der Waals surface area contributed by atoms with E-state index in [9.17, 15) is 130 Å². The van der Waals surface area contributed by atoms with Gasteiger partial charge < -0.3 is 129 Å². The molecule has 0 spiro atoms. The summed E-state index contributed by atoms with van der Waals surface area (Å²) in [5.41, 5.74) is 9.76. The van der Waals surface area contributed by atoms with E-state index < -0.39 is 185 Å². The minimum Gasteiger partial charge on any atom is -0.480 e. The summed E-state index contributed by atoms with van der Waals surface area (Å²) in [4.78, 5) is 127. The van der Waals surface area contributed by atoms with E-state index in [1.54, 1.807) is 70.6 Å². The molecule has 0 aromatic carbocycles. The summed E-state index contributed by atoms with van der Waals surface area (Å²) in [6.45, 7) is -4.26. The standard InChI is InChI=1S/C74H136N14O29S8/c75-11-31-118-27-1-5-73(124-35-15-79-53(77)49-122-71-69(113)67(111)65(109)51(47-89)116-71,7-3-29-120-33-13-81-55(91)37-85(41-59(97)98)21-17-83(39-57(93)94)19-23-87(43-61(101)102)44-62(103)104)9-25-115-26-10-74(6-2-28-119-32-12-76,125-36-16-80-54(78)50-123-72-70(114)68(112)66(110)52(48-90)117-72)8-4-30-121-34-14-82-56(92)38-86(42-60(99)100)22-18-84(40-58(95)96)20-24-88(45-63(105)106)46-64(107)108/h51-52,65-72,89-90,109-114H,1-50,75-76H2,(H2,77,79)(H2,78,80)(H,81,91)(H,82,92)(H,93,94)(H,95,96)(H,97,98)(H,99,100)(H,101,102)(H,103,104)(H,105,106)(H,107,108)/t51-,52-,65-,66-,67+,68+,69+,70+,71?,72?,73?,74?/m1/s1. The largest absolute Gasteiger partial charge is 0.480 e. The molecule has 26 N–H and O–H groups in total. The molecule has 2 aliphatic heterocycles. The van der Waals surface area contributed by atoms with Gasteiger partial charge in [0.1, 0.15) is 71.4 Å². The first kappa shape index (κ1) is 117. The number of hydrogen-bond donors (Lipinski definition) is 24. The smallest absolute Gasteiger partial charge is 0.317 e. The molecule has 2 amide bonds. The lowest BCUT2D eigenvalue weighted by Gasteiger charge is -2.39. The lowest BCUT2D eigenvalue weighted by molar-refractivity contribution is -0.205. The highest BCUT2D eigenvalue weighted by atomic mass is 32.2. The number of aliphatic hydroxyl groups is 8. The Kier molecular flexibility index (Phi) is 64.1. The Hall–Kier alpha value is -4.32. The van der Waals surface area contributed by atoms with Crippen LogP contribution < -0.4 is 32.7 Å². The molecular formula is C74H136N14O29S8. The second kappa shape index (κ2) is 68.7. The maximum absolute atomic E-state index is 13.3. The summed E-state index contributed by atoms with van der Waals surface area (Å²) in [6, 6.07) is 0. The molecule has 0 radical (unpaired) electrons. The first-order valence-electron chi connectivity index (χ1n) is 41.1. The van der Waals surface area contributed by atoms with E-state index in [1.165, 1.54) is 19.6 Å². The molecule has 2 aliphatic rings. The van der Waals surface area contributed by atoms with Crippen molar-refractivity contribution in [2.75, 3.05) is 253 Å². The Bertz CT molecular complexity index is 2920. The van der Waals surface area contributed by atoms with E-state index in [2.05, 4.69) is 21.3 Å². The van der Waals surface area contributed by atoms with Crippen molar-refractivity contribution in [1.82, 2.24) is 50.7 Å². The number of rotatable bonds is 80. The van der Waals surface area contributed by atoms with Crippen molar-refractivity contribution in [3.63, 3.8) is 0 Å². The first-order chi connectivity index (χ1) is 59.5. The number of nitrogens with one attached hydrogen (secondary N) is 6. The average Bonchev–Trinajstić information content (AvgIpc) is 0.821. The second-order valence-electron chi connectivity index (χ2n) is 29.7. The third-order valence-electron chi connectivity index (χ3n) is 19.5. The molecule has 724 valence electrons. The van der Waals surface area contributed by atoms with Crippen LogP contribution in [0.4, 0.5) is 0 Å². The van der Waals surface area contributed by atoms with Crippen LogP contribution in [-0.4, -0.2) is 504 Å². The number of nitrogens with zero attached hydrogens (tertiary/aromatic N) is 6. The van der Waals surface area contributed by atoms with Crippen LogP contribution in [0.25, 0.3) is 0 Å². The summed E-state index contributed by atoms with van der Waals surface area (Å²) < 4.78 is 17.4. The number of carbonyl (C=O) groups excluding carboxylic acids is 2. The maximum atomic E-state index is 13.3. The molecule has 0 saturated carbocycles. The number of nitrogens with two attached hydrogens (primary N) is 2. The Morgan fingerprint density at radius 2 is 0.608 bits per heavy atom. The normalized spacial score (nSPS) is 20.1. The number of thioether (sulfide) groups is 8. The minimum atomic E-state index is -1.58. The van der Waals surface area contributed by atoms with Gasteiger partial charge in [0, 0.05) is 149 Å². The average molecular weight is 1940 g/mol. The van der Waals surface area contributed by atoms with Crippen molar-refractivity contribution in [2.24, 2.45) is 11.5 Å². The van der Waals surface area contributed by atoms with Gasteiger partial charge in [-0.25, -0.2) is 0 Å². The van der Waals surface area contributed by atoms with E-state index in [0.29, 0.717) is 86.8 Å². The fourth-order valence-corrected chi connectivity index (χ4v) is 21.2. The van der Waals surface area contributed by atoms with Crippen molar-refractivity contribution in [1.29, 1.82) is 10.8 Å². The fourth-order valence-electron chi connectivity index (χ4n) is 13.2. The number of carboxylic acids is 8. The van der Waals surface area contributed by atoms with Gasteiger partial charge in [0.05, 0.1) is 90.2 Å². The summed E-state index contributed by atoms with van der Waals surface area (Å²) >= 11 is 12.3. The number of hydrogen-bond acceptors (Lipinski definition) is 39. The quantitative estimate of drug-likeness (QED) is 0.0155. The molecule has 0 aliphatic carbocycles. The third kappa shape index (κ3) is 54.9. The van der Waals surface area contributed by atoms with Crippen LogP contribution in [0, 0.1) is 10.8 Å². The van der Waals surface area contributed by atoms with E-state index in [1.807, 2.05) is 0 Å². The molecule has 125 heavy (non-hydrogen) atoms. The molecule has 43 nitrogen and oxygen atoms in total. The molecule has 0 aromatic rings. The monoisotopic (exact) mass is 1940 g/mol. The lowest BCUT2D eigenvalue weighted by Crippen LogP contribution is -2.57. The number of aliphatic carboxylic acids is 8. The van der Waals surface area contributed by atoms with Crippen LogP contribution in [0.3, 0.4) is 0 Å². The number of ether oxygens (including phenoxy) is 3. The molecule has 2 saturated heterocycles. The molecule has 0 aromatic heterocycles. The highest BCUT2D eigenvalue weighted by Gasteiger charge is 2.45. The van der Waals surface area contributed by atoms with E-state index in [-0.39, 0.29) is 111 Å². The number of carboxylic acid groups (broad SMARTS) is 8. The van der Waals surface area contributed by atoms with Gasteiger partial charge in [-0.2, -0.15) is 70.6 Å². The van der Waals surface area contributed by atoms with Gasteiger partial charge in [0.25, 0.3) is 0 Å². The van der Waals surface area contributed by atoms with Crippen LogP contribution in [0.1, 0.15) is 64.2 Å². The van der Waals surface area contributed by atoms with Crippen LogP contribution in [-0.2, 0) is 62.2 Å². The zero-order chi connectivity index (χ0) is 93.1. The first-order valence-corrected chi connectivity index (χ1v) is 49.8.